The van der Waals surface area contributed by atoms with E-state index in [9.17, 15) is 0 Å². The normalized spacial score (nSPS) is 10.0. The minimum atomic E-state index is 0.215. The van der Waals surface area contributed by atoms with Crippen molar-refractivity contribution in [2.24, 2.45) is 0 Å². The van der Waals surface area contributed by atoms with Crippen LogP contribution in [0.3, 0.4) is 0 Å². The number of hydrogen-bond donors (Lipinski definition) is 8. The van der Waals surface area contributed by atoms with Crippen molar-refractivity contribution in [2.75, 3.05) is 45.9 Å². The Kier molecular flexibility index (Phi) is 5.12. The molecule has 136 valence electrons. The number of benzene rings is 2. The third-order valence-electron chi connectivity index (χ3n) is 3.65. The van der Waals surface area contributed by atoms with Gasteiger partial charge in [0.2, 0.25) is 0 Å². The highest BCUT2D eigenvalue weighted by atomic mass is 15.0. The lowest BCUT2D eigenvalue weighted by atomic mass is 10.0. The van der Waals surface area contributed by atoms with Gasteiger partial charge in [0, 0.05) is 0 Å². The van der Waals surface area contributed by atoms with Crippen molar-refractivity contribution < 1.29 is 0 Å². The quantitative estimate of drug-likeness (QED) is 0.293. The smallest absolute Gasteiger partial charge is 0.149 e. The Balaban J connectivity index is 0.000000209. The fraction of sp³-hybridized carbons (Fsp3) is 0. The van der Waals surface area contributed by atoms with Crippen LogP contribution in [0.1, 0.15) is 0 Å². The Morgan fingerprint density at radius 3 is 1.12 bits per heavy atom. The molecule has 9 nitrogen and oxygen atoms in total. The average Bonchev–Trinajstić information content (AvgIpc) is 2.59. The van der Waals surface area contributed by atoms with Crippen molar-refractivity contribution in [3.63, 3.8) is 0 Å². The number of nitrogen functional groups attached to an aromatic ring is 8. The molecule has 0 fully saturated rings. The molecule has 0 aliphatic rings. The summed E-state index contributed by atoms with van der Waals surface area (Å²) in [5, 5.41) is 0. The van der Waals surface area contributed by atoms with Gasteiger partial charge in [-0.25, -0.2) is 4.98 Å². The van der Waals surface area contributed by atoms with E-state index in [1.54, 1.807) is 12.1 Å². The van der Waals surface area contributed by atoms with Gasteiger partial charge in [-0.05, 0) is 41.5 Å². The molecule has 26 heavy (non-hydrogen) atoms. The largest absolute Gasteiger partial charge is 0.397 e. The Labute approximate surface area is 150 Å². The molecule has 3 aromatic rings. The van der Waals surface area contributed by atoms with Crippen LogP contribution in [-0.2, 0) is 0 Å². The van der Waals surface area contributed by atoms with Crippen LogP contribution in [0.4, 0.5) is 45.8 Å². The molecule has 2 aromatic carbocycles. The first-order valence-corrected chi connectivity index (χ1v) is 7.56. The first-order chi connectivity index (χ1) is 12.2. The van der Waals surface area contributed by atoms with Gasteiger partial charge < -0.3 is 45.9 Å². The molecule has 0 saturated carbocycles. The molecule has 0 atom stereocenters. The lowest BCUT2D eigenvalue weighted by Crippen LogP contribution is -2.04. The van der Waals surface area contributed by atoms with Crippen molar-refractivity contribution in [2.45, 2.75) is 0 Å². The lowest BCUT2D eigenvalue weighted by molar-refractivity contribution is 1.35. The predicted molar refractivity (Wildman–Crippen MR) is 111 cm³/mol. The number of rotatable bonds is 1. The number of hydrogen-bond acceptors (Lipinski definition) is 9. The van der Waals surface area contributed by atoms with Crippen molar-refractivity contribution in [3.8, 4) is 11.1 Å². The summed E-state index contributed by atoms with van der Waals surface area (Å²) in [5.74, 6) is 0.429. The second-order valence-electron chi connectivity index (χ2n) is 5.62. The minimum Gasteiger partial charge on any atom is -0.397 e. The Hall–Kier alpha value is -4.01. The maximum atomic E-state index is 5.74. The van der Waals surface area contributed by atoms with Crippen molar-refractivity contribution in [3.05, 3.63) is 42.5 Å². The predicted octanol–water partition coefficient (Wildman–Crippen LogP) is 1.09. The number of pyridine rings is 1. The molecule has 0 unspecified atom stereocenters. The lowest BCUT2D eigenvalue weighted by Gasteiger charge is -2.07. The van der Waals surface area contributed by atoms with Gasteiger partial charge in [-0.15, -0.1) is 0 Å². The molecular weight excluding hydrogens is 330 g/mol. The number of anilines is 8. The van der Waals surface area contributed by atoms with Gasteiger partial charge in [0.15, 0.2) is 0 Å². The molecular formula is C17H23N9. The minimum absolute atomic E-state index is 0.215. The summed E-state index contributed by atoms with van der Waals surface area (Å²) in [5.41, 5.74) is 49.1. The molecule has 0 amide bonds. The molecule has 3 rings (SSSR count). The third-order valence-corrected chi connectivity index (χ3v) is 3.65. The van der Waals surface area contributed by atoms with Gasteiger partial charge in [-0.1, -0.05) is 12.1 Å². The first-order valence-electron chi connectivity index (χ1n) is 7.56. The Morgan fingerprint density at radius 2 is 0.808 bits per heavy atom. The van der Waals surface area contributed by atoms with E-state index in [0.717, 1.165) is 11.1 Å². The highest BCUT2D eigenvalue weighted by molar-refractivity contribution is 5.79. The SMILES string of the molecule is Nc1cc(N)c(N)nc1N.Nc1ccc(-c2ccc(N)c(N)c2)cc1N. The van der Waals surface area contributed by atoms with Gasteiger partial charge >= 0.3 is 0 Å². The van der Waals surface area contributed by atoms with Gasteiger partial charge in [0.25, 0.3) is 0 Å². The van der Waals surface area contributed by atoms with Gasteiger partial charge in [0.05, 0.1) is 34.1 Å². The van der Waals surface area contributed by atoms with Crippen molar-refractivity contribution in [1.82, 2.24) is 4.98 Å². The molecule has 0 spiro atoms. The van der Waals surface area contributed by atoms with Gasteiger partial charge in [-0.3, -0.25) is 0 Å². The van der Waals surface area contributed by atoms with Gasteiger partial charge in [-0.2, -0.15) is 0 Å². The molecule has 0 radical (unpaired) electrons. The van der Waals surface area contributed by atoms with Crippen LogP contribution in [0.25, 0.3) is 11.1 Å². The topological polar surface area (TPSA) is 221 Å². The zero-order chi connectivity index (χ0) is 19.4. The maximum Gasteiger partial charge on any atom is 0.149 e. The number of nitrogens with two attached hydrogens (primary N) is 8. The zero-order valence-electron chi connectivity index (χ0n) is 14.1. The molecule has 0 aliphatic heterocycles. The first kappa shape index (κ1) is 18.3. The molecule has 0 saturated heterocycles. The van der Waals surface area contributed by atoms with Crippen LogP contribution in [-0.4, -0.2) is 4.98 Å². The molecule has 0 aliphatic carbocycles. The molecule has 1 heterocycles. The highest BCUT2D eigenvalue weighted by Gasteiger charge is 2.03. The maximum absolute atomic E-state index is 5.74. The summed E-state index contributed by atoms with van der Waals surface area (Å²) < 4.78 is 0. The summed E-state index contributed by atoms with van der Waals surface area (Å²) in [6.45, 7) is 0. The van der Waals surface area contributed by atoms with Crippen LogP contribution in [0.5, 0.6) is 0 Å². The van der Waals surface area contributed by atoms with E-state index in [2.05, 4.69) is 4.98 Å². The van der Waals surface area contributed by atoms with E-state index < -0.39 is 0 Å². The van der Waals surface area contributed by atoms with E-state index >= 15 is 0 Å². The Morgan fingerprint density at radius 1 is 0.423 bits per heavy atom. The van der Waals surface area contributed by atoms with E-state index in [-0.39, 0.29) is 11.6 Å². The summed E-state index contributed by atoms with van der Waals surface area (Å²) in [6, 6.07) is 12.5. The standard InChI is InChI=1S/C12H14N4.C5H9N5/c13-9-3-1-7(5-11(9)15)8-2-4-10(14)12(16)6-8;6-2-1-3(7)5(9)10-4(2)8/h1-6H,13-16H2;1H,6-7H2,(H4,8,9,10). The van der Waals surface area contributed by atoms with Crippen LogP contribution < -0.4 is 45.9 Å². The van der Waals surface area contributed by atoms with E-state index in [1.807, 2.05) is 24.3 Å². The van der Waals surface area contributed by atoms with Crippen LogP contribution in [0.15, 0.2) is 42.5 Å². The van der Waals surface area contributed by atoms with Crippen LogP contribution in [0, 0.1) is 0 Å². The van der Waals surface area contributed by atoms with Crippen molar-refractivity contribution >= 4 is 45.8 Å². The fourth-order valence-corrected chi connectivity index (χ4v) is 2.08. The summed E-state index contributed by atoms with van der Waals surface area (Å²) in [7, 11) is 0. The van der Waals surface area contributed by atoms with E-state index in [4.69, 9.17) is 45.9 Å². The molecule has 1 aromatic heterocycles. The second kappa shape index (κ2) is 7.26. The third kappa shape index (κ3) is 4.09. The number of aromatic nitrogens is 1. The van der Waals surface area contributed by atoms with Crippen LogP contribution in [0.2, 0.25) is 0 Å². The summed E-state index contributed by atoms with van der Waals surface area (Å²) in [6.07, 6.45) is 0. The second-order valence-corrected chi connectivity index (χ2v) is 5.62. The zero-order valence-corrected chi connectivity index (χ0v) is 14.1. The average molecular weight is 353 g/mol. The highest BCUT2D eigenvalue weighted by Crippen LogP contribution is 2.28. The molecule has 0 bridgehead atoms. The Bertz CT molecular complexity index is 838. The fourth-order valence-electron chi connectivity index (χ4n) is 2.08. The summed E-state index contributed by atoms with van der Waals surface area (Å²) >= 11 is 0. The summed E-state index contributed by atoms with van der Waals surface area (Å²) in [4.78, 5) is 3.68. The molecule has 16 N–H and O–H groups in total. The van der Waals surface area contributed by atoms with E-state index in [1.165, 1.54) is 6.07 Å². The van der Waals surface area contributed by atoms with Gasteiger partial charge in [0.1, 0.15) is 11.6 Å². The monoisotopic (exact) mass is 353 g/mol. The van der Waals surface area contributed by atoms with Crippen molar-refractivity contribution in [1.29, 1.82) is 0 Å². The van der Waals surface area contributed by atoms with E-state index in [0.29, 0.717) is 34.1 Å². The van der Waals surface area contributed by atoms with Crippen LogP contribution >= 0.6 is 0 Å². The number of nitrogens with zero attached hydrogens (tertiary/aromatic N) is 1. The molecule has 9 heteroatoms.